The van der Waals surface area contributed by atoms with Crippen molar-refractivity contribution in [3.8, 4) is 5.69 Å². The number of amides is 1. The Kier molecular flexibility index (Phi) is 7.56. The highest BCUT2D eigenvalue weighted by Gasteiger charge is 2.42. The first-order valence-electron chi connectivity index (χ1n) is 12.3. The van der Waals surface area contributed by atoms with E-state index in [-0.39, 0.29) is 37.2 Å². The summed E-state index contributed by atoms with van der Waals surface area (Å²) in [5, 5.41) is 4.49. The Hall–Kier alpha value is -3.11. The van der Waals surface area contributed by atoms with Crippen molar-refractivity contribution in [2.45, 2.75) is 70.5 Å². The first-order valence-corrected chi connectivity index (χ1v) is 12.3. The Labute approximate surface area is 207 Å². The molecule has 0 spiro atoms. The van der Waals surface area contributed by atoms with E-state index in [9.17, 15) is 27.6 Å². The Bertz CT molecular complexity index is 1180. The van der Waals surface area contributed by atoms with Crippen LogP contribution in [-0.4, -0.2) is 57.5 Å². The smallest absolute Gasteiger partial charge is 0.469 e. The number of alkyl halides is 3. The minimum atomic E-state index is -4.89. The highest BCUT2D eigenvalue weighted by molar-refractivity contribution is 5.82. The molecule has 1 aromatic carbocycles. The molecule has 0 N–H and O–H groups in total. The van der Waals surface area contributed by atoms with Crippen LogP contribution in [0.15, 0.2) is 23.0 Å². The number of aromatic nitrogens is 3. The lowest BCUT2D eigenvalue weighted by Gasteiger charge is -2.29. The van der Waals surface area contributed by atoms with E-state index in [1.165, 1.54) is 11.8 Å². The molecule has 8 nitrogen and oxygen atoms in total. The van der Waals surface area contributed by atoms with Gasteiger partial charge in [-0.1, -0.05) is 6.07 Å². The van der Waals surface area contributed by atoms with Crippen molar-refractivity contribution < 1.29 is 27.5 Å². The summed E-state index contributed by atoms with van der Waals surface area (Å²) >= 11 is 0. The highest BCUT2D eigenvalue weighted by Crippen LogP contribution is 2.34. The van der Waals surface area contributed by atoms with Gasteiger partial charge in [-0.3, -0.25) is 14.2 Å². The topological polar surface area (TPSA) is 86.4 Å². The van der Waals surface area contributed by atoms with Crippen LogP contribution in [0.3, 0.4) is 0 Å². The van der Waals surface area contributed by atoms with Crippen LogP contribution in [0.25, 0.3) is 5.69 Å². The van der Waals surface area contributed by atoms with Crippen molar-refractivity contribution in [2.24, 2.45) is 5.92 Å². The summed E-state index contributed by atoms with van der Waals surface area (Å²) in [6.45, 7) is 1.77. The molecule has 1 aliphatic carbocycles. The van der Waals surface area contributed by atoms with E-state index in [0.29, 0.717) is 30.3 Å². The van der Waals surface area contributed by atoms with Crippen LogP contribution in [0, 0.1) is 12.8 Å². The number of methoxy groups -OCH3 is 1. The fourth-order valence-corrected chi connectivity index (χ4v) is 5.41. The SMILES string of the molecule is COC(=O)CC[C@H]1CC[C@H](n2c(C)nn(-c3ccc4c(c3)CCN(C(=O)C(F)(F)F)CC4)c2=O)CC1. The van der Waals surface area contributed by atoms with E-state index < -0.39 is 12.1 Å². The van der Waals surface area contributed by atoms with Crippen molar-refractivity contribution >= 4 is 11.9 Å². The predicted molar refractivity (Wildman–Crippen MR) is 125 cm³/mol. The quantitative estimate of drug-likeness (QED) is 0.577. The number of esters is 1. The van der Waals surface area contributed by atoms with Crippen LogP contribution in [-0.2, 0) is 27.2 Å². The molecule has 1 saturated carbocycles. The zero-order valence-electron chi connectivity index (χ0n) is 20.5. The molecule has 0 unspecified atom stereocenters. The van der Waals surface area contributed by atoms with Gasteiger partial charge in [-0.2, -0.15) is 23.0 Å². The lowest BCUT2D eigenvalue weighted by Crippen LogP contribution is -2.42. The molecule has 2 aromatic rings. The number of aryl methyl sites for hydroxylation is 1. The van der Waals surface area contributed by atoms with Gasteiger partial charge in [-0.25, -0.2) is 4.79 Å². The fourth-order valence-electron chi connectivity index (χ4n) is 5.41. The zero-order chi connectivity index (χ0) is 26.0. The molecule has 0 saturated heterocycles. The van der Waals surface area contributed by atoms with Gasteiger partial charge in [-0.15, -0.1) is 0 Å². The van der Waals surface area contributed by atoms with Gasteiger partial charge < -0.3 is 9.64 Å². The first-order chi connectivity index (χ1) is 17.1. The van der Waals surface area contributed by atoms with Gasteiger partial charge in [0, 0.05) is 25.6 Å². The summed E-state index contributed by atoms with van der Waals surface area (Å²) in [5.41, 5.74) is 2.00. The molecular weight excluding hydrogens is 477 g/mol. The molecule has 4 rings (SSSR count). The van der Waals surface area contributed by atoms with Gasteiger partial charge in [0.25, 0.3) is 0 Å². The summed E-state index contributed by atoms with van der Waals surface area (Å²) in [6.07, 6.45) is 0.386. The fraction of sp³-hybridized carbons (Fsp3) is 0.600. The molecule has 0 atom stereocenters. The largest absolute Gasteiger partial charge is 0.471 e. The molecule has 196 valence electrons. The Morgan fingerprint density at radius 3 is 2.39 bits per heavy atom. The minimum absolute atomic E-state index is 0.000671. The number of rotatable bonds is 5. The molecule has 11 heteroatoms. The van der Waals surface area contributed by atoms with Crippen LogP contribution >= 0.6 is 0 Å². The van der Waals surface area contributed by atoms with Crippen LogP contribution < -0.4 is 5.69 Å². The third kappa shape index (κ3) is 5.49. The van der Waals surface area contributed by atoms with Gasteiger partial charge >= 0.3 is 23.7 Å². The maximum atomic E-state index is 13.3. The average Bonchev–Trinajstić information content (AvgIpc) is 3.02. The molecule has 1 fully saturated rings. The van der Waals surface area contributed by atoms with Crippen molar-refractivity contribution in [1.29, 1.82) is 0 Å². The molecule has 1 amide bonds. The molecule has 1 aromatic heterocycles. The van der Waals surface area contributed by atoms with E-state index in [2.05, 4.69) is 5.10 Å². The van der Waals surface area contributed by atoms with Crippen LogP contribution in [0.2, 0.25) is 0 Å². The number of benzene rings is 1. The molecule has 2 heterocycles. The van der Waals surface area contributed by atoms with Crippen LogP contribution in [0.4, 0.5) is 13.2 Å². The Morgan fingerprint density at radius 2 is 1.75 bits per heavy atom. The third-order valence-electron chi connectivity index (χ3n) is 7.41. The molecule has 2 aliphatic rings. The van der Waals surface area contributed by atoms with Gasteiger partial charge in [-0.05, 0) is 81.0 Å². The third-order valence-corrected chi connectivity index (χ3v) is 7.41. The van der Waals surface area contributed by atoms with Crippen molar-refractivity contribution in [3.63, 3.8) is 0 Å². The molecule has 0 radical (unpaired) electrons. The summed E-state index contributed by atoms with van der Waals surface area (Å²) in [7, 11) is 1.39. The van der Waals surface area contributed by atoms with E-state index in [1.807, 2.05) is 0 Å². The molecule has 36 heavy (non-hydrogen) atoms. The molecular formula is C25H31F3N4O4. The number of ether oxygens (including phenoxy) is 1. The van der Waals surface area contributed by atoms with Crippen LogP contribution in [0.5, 0.6) is 0 Å². The second-order valence-corrected chi connectivity index (χ2v) is 9.64. The monoisotopic (exact) mass is 508 g/mol. The lowest BCUT2D eigenvalue weighted by atomic mass is 9.83. The van der Waals surface area contributed by atoms with Crippen molar-refractivity contribution in [1.82, 2.24) is 19.2 Å². The van der Waals surface area contributed by atoms with Gasteiger partial charge in [0.1, 0.15) is 5.82 Å². The summed E-state index contributed by atoms with van der Waals surface area (Å²) < 4.78 is 46.4. The number of halogens is 3. The Balaban J connectivity index is 1.47. The van der Waals surface area contributed by atoms with Crippen LogP contribution in [0.1, 0.15) is 61.5 Å². The van der Waals surface area contributed by atoms with E-state index >= 15 is 0 Å². The van der Waals surface area contributed by atoms with Crippen molar-refractivity contribution in [3.05, 3.63) is 45.6 Å². The first kappa shape index (κ1) is 26.0. The Morgan fingerprint density at radius 1 is 1.08 bits per heavy atom. The number of fused-ring (bicyclic) bond motifs is 1. The lowest BCUT2D eigenvalue weighted by molar-refractivity contribution is -0.185. The summed E-state index contributed by atoms with van der Waals surface area (Å²) in [6, 6.07) is 5.38. The maximum absolute atomic E-state index is 13.3. The number of hydrogen-bond donors (Lipinski definition) is 0. The summed E-state index contributed by atoms with van der Waals surface area (Å²) in [5.74, 6) is -0.985. The normalized spacial score (nSPS) is 20.5. The van der Waals surface area contributed by atoms with E-state index in [1.54, 1.807) is 29.7 Å². The van der Waals surface area contributed by atoms with E-state index in [4.69, 9.17) is 4.74 Å². The summed E-state index contributed by atoms with van der Waals surface area (Å²) in [4.78, 5) is 37.3. The number of hydrogen-bond acceptors (Lipinski definition) is 5. The molecule has 0 bridgehead atoms. The average molecular weight is 509 g/mol. The maximum Gasteiger partial charge on any atom is 0.471 e. The van der Waals surface area contributed by atoms with E-state index in [0.717, 1.165) is 48.1 Å². The van der Waals surface area contributed by atoms with Gasteiger partial charge in [0.2, 0.25) is 0 Å². The molecule has 1 aliphatic heterocycles. The standard InChI is InChI=1S/C25H31F3N4O4/c1-16-29-32(24(35)31(16)20-7-3-17(4-8-20)5-10-22(33)36-2)21-9-6-18-11-13-30(14-12-19(18)15-21)23(34)25(26,27)28/h6,9,15,17,20H,3-5,7-8,10-14H2,1-2H3/t17-,20-. The second kappa shape index (κ2) is 10.5. The second-order valence-electron chi connectivity index (χ2n) is 9.64. The highest BCUT2D eigenvalue weighted by atomic mass is 19.4. The van der Waals surface area contributed by atoms with Crippen molar-refractivity contribution in [2.75, 3.05) is 20.2 Å². The number of nitrogens with zero attached hydrogens (tertiary/aromatic N) is 4. The zero-order valence-corrected chi connectivity index (χ0v) is 20.5. The minimum Gasteiger partial charge on any atom is -0.469 e. The number of carbonyl (C=O) groups excluding carboxylic acids is 2. The number of carbonyl (C=O) groups is 2. The van der Waals surface area contributed by atoms with Gasteiger partial charge in [0.05, 0.1) is 12.8 Å². The van der Waals surface area contributed by atoms with Gasteiger partial charge in [0.15, 0.2) is 0 Å². The predicted octanol–water partition coefficient (Wildman–Crippen LogP) is 3.52.